The van der Waals surface area contributed by atoms with E-state index in [0.29, 0.717) is 12.0 Å². The second kappa shape index (κ2) is 5.86. The number of alkyl halides is 2. The fraction of sp³-hybridized carbons (Fsp3) is 0.455. The zero-order chi connectivity index (χ0) is 13.0. The lowest BCUT2D eigenvalue weighted by atomic mass is 10.1. The van der Waals surface area contributed by atoms with Gasteiger partial charge in [-0.3, -0.25) is 0 Å². The molecule has 0 fully saturated rings. The van der Waals surface area contributed by atoms with E-state index in [0.717, 1.165) is 17.0 Å². The molecule has 96 valence electrons. The molecule has 0 aliphatic heterocycles. The average Bonchev–Trinajstić information content (AvgIpc) is 2.15. The van der Waals surface area contributed by atoms with Crippen LogP contribution in [0.2, 0.25) is 0 Å². The van der Waals surface area contributed by atoms with Crippen molar-refractivity contribution in [3.63, 3.8) is 0 Å². The van der Waals surface area contributed by atoms with E-state index >= 15 is 0 Å². The van der Waals surface area contributed by atoms with E-state index in [1.54, 1.807) is 0 Å². The van der Waals surface area contributed by atoms with E-state index in [-0.39, 0.29) is 6.54 Å². The van der Waals surface area contributed by atoms with Gasteiger partial charge in [0.1, 0.15) is 17.3 Å². The monoisotopic (exact) mass is 250 g/mol. The van der Waals surface area contributed by atoms with Gasteiger partial charge in [-0.1, -0.05) is 0 Å². The third kappa shape index (κ3) is 3.59. The van der Waals surface area contributed by atoms with Crippen molar-refractivity contribution in [3.05, 3.63) is 29.3 Å². The van der Waals surface area contributed by atoms with Crippen LogP contribution in [0.5, 0.6) is 0 Å². The van der Waals surface area contributed by atoms with Crippen LogP contribution >= 0.6 is 0 Å². The molecule has 0 unspecified atom stereocenters. The molecular formula is C11H14F4N2. The summed E-state index contributed by atoms with van der Waals surface area (Å²) in [6, 6.07) is 2.24. The predicted octanol–water partition coefficient (Wildman–Crippen LogP) is 2.17. The van der Waals surface area contributed by atoms with E-state index in [4.69, 9.17) is 5.73 Å². The molecule has 2 nitrogen and oxygen atoms in total. The average molecular weight is 250 g/mol. The van der Waals surface area contributed by atoms with Gasteiger partial charge in [-0.15, -0.1) is 0 Å². The number of hydrogen-bond acceptors (Lipinski definition) is 2. The number of nitrogens with two attached hydrogens (primary N) is 1. The van der Waals surface area contributed by atoms with Gasteiger partial charge in [-0.25, -0.2) is 17.6 Å². The van der Waals surface area contributed by atoms with E-state index in [1.807, 2.05) is 0 Å². The Morgan fingerprint density at radius 3 is 2.18 bits per heavy atom. The molecule has 0 aliphatic carbocycles. The van der Waals surface area contributed by atoms with Crippen LogP contribution in [-0.2, 0) is 6.42 Å². The van der Waals surface area contributed by atoms with Crippen LogP contribution in [0.25, 0.3) is 0 Å². The summed E-state index contributed by atoms with van der Waals surface area (Å²) in [7, 11) is 1.22. The molecule has 0 aromatic heterocycles. The maximum Gasteiger partial charge on any atom is 0.255 e. The van der Waals surface area contributed by atoms with Crippen LogP contribution in [0, 0.1) is 11.6 Å². The van der Waals surface area contributed by atoms with Gasteiger partial charge in [0.25, 0.3) is 6.43 Å². The molecule has 0 radical (unpaired) electrons. The Kier molecular flexibility index (Phi) is 4.74. The third-order valence-electron chi connectivity index (χ3n) is 2.30. The van der Waals surface area contributed by atoms with Crippen LogP contribution in [0.4, 0.5) is 23.2 Å². The van der Waals surface area contributed by atoms with Crippen molar-refractivity contribution >= 4 is 5.69 Å². The standard InChI is InChI=1S/C11H14F4N2/c1-17(6-10(14)15)11-8(12)4-7(2-3-16)5-9(11)13/h4-5,10H,2-3,6,16H2,1H3. The zero-order valence-electron chi connectivity index (χ0n) is 9.39. The molecule has 0 atom stereocenters. The fourth-order valence-corrected chi connectivity index (χ4v) is 1.59. The Labute approximate surface area is 97.0 Å². The summed E-state index contributed by atoms with van der Waals surface area (Å²) in [5, 5.41) is 0. The molecule has 0 heterocycles. The Bertz CT molecular complexity index is 359. The molecule has 0 spiro atoms. The van der Waals surface area contributed by atoms with Crippen molar-refractivity contribution in [3.8, 4) is 0 Å². The topological polar surface area (TPSA) is 29.3 Å². The van der Waals surface area contributed by atoms with Gasteiger partial charge in [0.15, 0.2) is 0 Å². The van der Waals surface area contributed by atoms with E-state index in [9.17, 15) is 17.6 Å². The molecule has 1 aromatic carbocycles. The van der Waals surface area contributed by atoms with Gasteiger partial charge in [0, 0.05) is 7.05 Å². The Morgan fingerprint density at radius 2 is 1.76 bits per heavy atom. The van der Waals surface area contributed by atoms with Gasteiger partial charge in [0.2, 0.25) is 0 Å². The fourth-order valence-electron chi connectivity index (χ4n) is 1.59. The third-order valence-corrected chi connectivity index (χ3v) is 2.30. The first-order valence-electron chi connectivity index (χ1n) is 5.13. The number of rotatable bonds is 5. The van der Waals surface area contributed by atoms with Gasteiger partial charge in [-0.05, 0) is 30.7 Å². The molecule has 1 aromatic rings. The van der Waals surface area contributed by atoms with Gasteiger partial charge >= 0.3 is 0 Å². The van der Waals surface area contributed by atoms with Crippen LogP contribution in [-0.4, -0.2) is 26.6 Å². The number of benzene rings is 1. The first kappa shape index (κ1) is 13.8. The van der Waals surface area contributed by atoms with Gasteiger partial charge in [-0.2, -0.15) is 0 Å². The van der Waals surface area contributed by atoms with Crippen molar-refractivity contribution in [1.29, 1.82) is 0 Å². The molecule has 17 heavy (non-hydrogen) atoms. The number of hydrogen-bond donors (Lipinski definition) is 1. The minimum atomic E-state index is -2.65. The quantitative estimate of drug-likeness (QED) is 0.811. The number of anilines is 1. The highest BCUT2D eigenvalue weighted by molar-refractivity contribution is 5.50. The molecular weight excluding hydrogens is 236 g/mol. The zero-order valence-corrected chi connectivity index (χ0v) is 9.39. The first-order valence-corrected chi connectivity index (χ1v) is 5.13. The smallest absolute Gasteiger partial charge is 0.255 e. The molecule has 6 heteroatoms. The normalized spacial score (nSPS) is 11.0. The molecule has 1 rings (SSSR count). The largest absolute Gasteiger partial charge is 0.364 e. The van der Waals surface area contributed by atoms with Crippen LogP contribution < -0.4 is 10.6 Å². The van der Waals surface area contributed by atoms with Crippen molar-refractivity contribution in [2.75, 3.05) is 25.0 Å². The van der Waals surface area contributed by atoms with Gasteiger partial charge < -0.3 is 10.6 Å². The summed E-state index contributed by atoms with van der Waals surface area (Å²) in [6.45, 7) is -0.449. The number of nitrogens with zero attached hydrogens (tertiary/aromatic N) is 1. The predicted molar refractivity (Wildman–Crippen MR) is 58.4 cm³/mol. The minimum absolute atomic E-state index is 0.269. The highest BCUT2D eigenvalue weighted by Gasteiger charge is 2.17. The van der Waals surface area contributed by atoms with Crippen molar-refractivity contribution in [2.24, 2.45) is 5.73 Å². The summed E-state index contributed by atoms with van der Waals surface area (Å²) >= 11 is 0. The highest BCUT2D eigenvalue weighted by atomic mass is 19.3. The van der Waals surface area contributed by atoms with Crippen molar-refractivity contribution in [2.45, 2.75) is 12.8 Å². The second-order valence-electron chi connectivity index (χ2n) is 3.72. The summed E-state index contributed by atoms with van der Waals surface area (Å²) in [4.78, 5) is 0.863. The highest BCUT2D eigenvalue weighted by Crippen LogP contribution is 2.24. The maximum absolute atomic E-state index is 13.6. The van der Waals surface area contributed by atoms with E-state index in [1.165, 1.54) is 7.05 Å². The van der Waals surface area contributed by atoms with Crippen molar-refractivity contribution < 1.29 is 17.6 Å². The molecule has 0 saturated carbocycles. The Morgan fingerprint density at radius 1 is 1.24 bits per heavy atom. The summed E-state index contributed by atoms with van der Waals surface area (Å²) in [5.74, 6) is -1.70. The molecule has 0 amide bonds. The van der Waals surface area contributed by atoms with E-state index < -0.39 is 30.3 Å². The minimum Gasteiger partial charge on any atom is -0.364 e. The van der Waals surface area contributed by atoms with Crippen LogP contribution in [0.3, 0.4) is 0 Å². The van der Waals surface area contributed by atoms with Gasteiger partial charge in [0.05, 0.1) is 6.54 Å². The molecule has 0 bridgehead atoms. The van der Waals surface area contributed by atoms with E-state index in [2.05, 4.69) is 0 Å². The molecule has 0 aliphatic rings. The Balaban J connectivity index is 3.00. The SMILES string of the molecule is CN(CC(F)F)c1c(F)cc(CCN)cc1F. The maximum atomic E-state index is 13.6. The number of halogens is 4. The molecule has 2 N–H and O–H groups in total. The second-order valence-corrected chi connectivity index (χ2v) is 3.72. The lowest BCUT2D eigenvalue weighted by Crippen LogP contribution is -2.26. The summed E-state index contributed by atoms with van der Waals surface area (Å²) in [6.07, 6.45) is -2.31. The van der Waals surface area contributed by atoms with Crippen molar-refractivity contribution in [1.82, 2.24) is 0 Å². The lowest BCUT2D eigenvalue weighted by molar-refractivity contribution is 0.156. The molecule has 0 saturated heterocycles. The lowest BCUT2D eigenvalue weighted by Gasteiger charge is -2.20. The summed E-state index contributed by atoms with van der Waals surface area (Å²) < 4.78 is 51.4. The Hall–Kier alpha value is -1.30. The van der Waals surface area contributed by atoms with Crippen LogP contribution in [0.15, 0.2) is 12.1 Å². The summed E-state index contributed by atoms with van der Waals surface area (Å²) in [5.41, 5.74) is 5.24. The van der Waals surface area contributed by atoms with Crippen LogP contribution in [0.1, 0.15) is 5.56 Å². The first-order chi connectivity index (χ1) is 7.95.